The number of aliphatic hydroxyl groups is 1. The van der Waals surface area contributed by atoms with Crippen LogP contribution in [0.5, 0.6) is 0 Å². The summed E-state index contributed by atoms with van der Waals surface area (Å²) < 4.78 is 10.7. The van der Waals surface area contributed by atoms with Crippen LogP contribution in [0.25, 0.3) is 0 Å². The maximum absolute atomic E-state index is 12.8. The van der Waals surface area contributed by atoms with E-state index in [2.05, 4.69) is 5.32 Å². The first-order valence-corrected chi connectivity index (χ1v) is 8.62. The second-order valence-corrected chi connectivity index (χ2v) is 7.02. The molecule has 1 aromatic rings. The van der Waals surface area contributed by atoms with Gasteiger partial charge in [0, 0.05) is 25.8 Å². The van der Waals surface area contributed by atoms with Gasteiger partial charge in [-0.3, -0.25) is 14.9 Å². The molecule has 2 rings (SSSR count). The predicted molar refractivity (Wildman–Crippen MR) is 92.9 cm³/mol. The van der Waals surface area contributed by atoms with Crippen LogP contribution in [0.1, 0.15) is 45.6 Å². The van der Waals surface area contributed by atoms with Crippen molar-refractivity contribution in [3.8, 4) is 0 Å². The second-order valence-electron chi connectivity index (χ2n) is 6.62. The highest BCUT2D eigenvalue weighted by atomic mass is 35.5. The van der Waals surface area contributed by atoms with Gasteiger partial charge < -0.3 is 14.6 Å². The normalized spacial score (nSPS) is 24.2. The number of esters is 1. The molecule has 1 aromatic carbocycles. The number of hydrogen-bond donors (Lipinski definition) is 2. The van der Waals surface area contributed by atoms with Gasteiger partial charge in [0.2, 0.25) is 5.79 Å². The molecule has 0 aromatic heterocycles. The van der Waals surface area contributed by atoms with Crippen LogP contribution in [0.4, 0.5) is 0 Å². The summed E-state index contributed by atoms with van der Waals surface area (Å²) in [4.78, 5) is 23.9. The first-order valence-electron chi connectivity index (χ1n) is 8.24. The quantitative estimate of drug-likeness (QED) is 0.592. The first-order chi connectivity index (χ1) is 11.7. The van der Waals surface area contributed by atoms with Crippen molar-refractivity contribution in [3.05, 3.63) is 34.9 Å². The first kappa shape index (κ1) is 19.8. The van der Waals surface area contributed by atoms with Gasteiger partial charge in [0.25, 0.3) is 0 Å². The highest BCUT2D eigenvalue weighted by molar-refractivity contribution is 6.31. The fourth-order valence-corrected chi connectivity index (χ4v) is 3.45. The highest BCUT2D eigenvalue weighted by Gasteiger charge is 2.46. The van der Waals surface area contributed by atoms with Crippen molar-refractivity contribution < 1.29 is 24.2 Å². The Balaban J connectivity index is 2.24. The summed E-state index contributed by atoms with van der Waals surface area (Å²) in [5.41, 5.74) is -0.531. The Morgan fingerprint density at radius 3 is 2.76 bits per heavy atom. The highest BCUT2D eigenvalue weighted by Crippen LogP contribution is 2.38. The van der Waals surface area contributed by atoms with Crippen molar-refractivity contribution in [2.45, 2.75) is 57.5 Å². The minimum atomic E-state index is -1.14. The molecule has 2 N–H and O–H groups in total. The zero-order valence-corrected chi connectivity index (χ0v) is 15.4. The molecule has 0 spiro atoms. The van der Waals surface area contributed by atoms with E-state index >= 15 is 0 Å². The molecule has 138 valence electrons. The number of carbonyl (C=O) groups excluding carboxylic acids is 2. The van der Waals surface area contributed by atoms with Crippen LogP contribution in [0.15, 0.2) is 24.3 Å². The van der Waals surface area contributed by atoms with E-state index in [9.17, 15) is 14.7 Å². The molecule has 0 saturated heterocycles. The third kappa shape index (κ3) is 4.58. The van der Waals surface area contributed by atoms with Gasteiger partial charge in [-0.15, -0.1) is 0 Å². The van der Waals surface area contributed by atoms with Gasteiger partial charge in [-0.25, -0.2) is 0 Å². The van der Waals surface area contributed by atoms with Crippen molar-refractivity contribution in [2.75, 3.05) is 6.73 Å². The number of Topliss-reactive ketones (excluding diaryl/α,β-unsaturated/α-hetero) is 1. The van der Waals surface area contributed by atoms with Crippen LogP contribution >= 0.6 is 11.6 Å². The Morgan fingerprint density at radius 1 is 1.44 bits per heavy atom. The minimum Gasteiger partial charge on any atom is -0.434 e. The Bertz CT molecular complexity index is 648. The molecule has 1 fully saturated rings. The van der Waals surface area contributed by atoms with E-state index in [1.54, 1.807) is 38.1 Å². The van der Waals surface area contributed by atoms with Gasteiger partial charge in [0.15, 0.2) is 5.78 Å². The Morgan fingerprint density at radius 2 is 2.12 bits per heavy atom. The maximum atomic E-state index is 12.8. The number of hydrogen-bond acceptors (Lipinski definition) is 6. The molecule has 0 heterocycles. The summed E-state index contributed by atoms with van der Waals surface area (Å²) in [6.45, 7) is 4.46. The SMILES string of the molecule is CC(=O)OC(C)(C)OCN[C@]1(c2ccccc2Cl)CCC[C@H](O)C1=O. The molecule has 0 bridgehead atoms. The van der Waals surface area contributed by atoms with Crippen LogP contribution in [0.2, 0.25) is 5.02 Å². The summed E-state index contributed by atoms with van der Waals surface area (Å²) >= 11 is 6.31. The van der Waals surface area contributed by atoms with E-state index in [1.165, 1.54) is 6.92 Å². The standard InChI is InChI=1S/C18H24ClNO5/c1-12(21)25-17(2,3)24-11-20-18(10-6-9-15(22)16(18)23)13-7-4-5-8-14(13)19/h4-5,7-8,15,20,22H,6,9-11H2,1-3H3/t15-,18-/m0/s1. The zero-order chi connectivity index (χ0) is 18.7. The van der Waals surface area contributed by atoms with Crippen LogP contribution in [-0.4, -0.2) is 35.5 Å². The number of ether oxygens (including phenoxy) is 2. The van der Waals surface area contributed by atoms with Crippen molar-refractivity contribution in [1.82, 2.24) is 5.32 Å². The molecule has 2 atom stereocenters. The van der Waals surface area contributed by atoms with Crippen LogP contribution in [0, 0.1) is 0 Å². The van der Waals surface area contributed by atoms with E-state index < -0.39 is 23.4 Å². The number of ketones is 1. The monoisotopic (exact) mass is 369 g/mol. The summed E-state index contributed by atoms with van der Waals surface area (Å²) in [5, 5.41) is 13.6. The smallest absolute Gasteiger partial charge is 0.305 e. The topological polar surface area (TPSA) is 84.9 Å². The molecule has 6 nitrogen and oxygen atoms in total. The lowest BCUT2D eigenvalue weighted by molar-refractivity contribution is -0.218. The molecule has 1 aliphatic rings. The minimum absolute atomic E-state index is 0.0516. The average molecular weight is 370 g/mol. The van der Waals surface area contributed by atoms with Crippen molar-refractivity contribution in [1.29, 1.82) is 0 Å². The van der Waals surface area contributed by atoms with Crippen molar-refractivity contribution >= 4 is 23.4 Å². The van der Waals surface area contributed by atoms with E-state index in [0.29, 0.717) is 29.8 Å². The van der Waals surface area contributed by atoms with Crippen LogP contribution in [0.3, 0.4) is 0 Å². The molecule has 7 heteroatoms. The van der Waals surface area contributed by atoms with Gasteiger partial charge in [-0.2, -0.15) is 0 Å². The third-order valence-corrected chi connectivity index (χ3v) is 4.60. The van der Waals surface area contributed by atoms with Gasteiger partial charge in [-0.05, 0) is 30.9 Å². The van der Waals surface area contributed by atoms with E-state index in [1.807, 2.05) is 0 Å². The number of nitrogens with one attached hydrogen (secondary N) is 1. The summed E-state index contributed by atoms with van der Waals surface area (Å²) in [5.74, 6) is -1.94. The van der Waals surface area contributed by atoms with Gasteiger partial charge >= 0.3 is 5.97 Å². The lowest BCUT2D eigenvalue weighted by Gasteiger charge is -2.40. The Kier molecular flexibility index (Phi) is 6.21. The van der Waals surface area contributed by atoms with Crippen LogP contribution < -0.4 is 5.32 Å². The molecule has 0 unspecified atom stereocenters. The Hall–Kier alpha value is -1.47. The number of halogens is 1. The van der Waals surface area contributed by atoms with Gasteiger partial charge in [0.05, 0.1) is 0 Å². The third-order valence-electron chi connectivity index (χ3n) is 4.27. The average Bonchev–Trinajstić information content (AvgIpc) is 2.50. The lowest BCUT2D eigenvalue weighted by Crippen LogP contribution is -2.57. The lowest BCUT2D eigenvalue weighted by atomic mass is 9.74. The Labute approximate surface area is 152 Å². The summed E-state index contributed by atoms with van der Waals surface area (Å²) in [7, 11) is 0. The molecule has 1 saturated carbocycles. The molecule has 1 aliphatic carbocycles. The predicted octanol–water partition coefficient (Wildman–Crippen LogP) is 2.51. The van der Waals surface area contributed by atoms with Gasteiger partial charge in [-0.1, -0.05) is 29.8 Å². The van der Waals surface area contributed by atoms with Crippen LogP contribution in [-0.2, 0) is 24.6 Å². The van der Waals surface area contributed by atoms with Crippen molar-refractivity contribution in [3.63, 3.8) is 0 Å². The molecule has 0 amide bonds. The number of benzene rings is 1. The molecule has 0 radical (unpaired) electrons. The largest absolute Gasteiger partial charge is 0.434 e. The second kappa shape index (κ2) is 7.83. The summed E-state index contributed by atoms with van der Waals surface area (Å²) in [6.07, 6.45) is 0.522. The van der Waals surface area contributed by atoms with Gasteiger partial charge in [0.1, 0.15) is 18.4 Å². The van der Waals surface area contributed by atoms with E-state index in [0.717, 1.165) is 0 Å². The number of aliphatic hydroxyl groups excluding tert-OH is 1. The maximum Gasteiger partial charge on any atom is 0.305 e. The molecular weight excluding hydrogens is 346 g/mol. The number of carbonyl (C=O) groups is 2. The fraction of sp³-hybridized carbons (Fsp3) is 0.556. The molecule has 0 aliphatic heterocycles. The van der Waals surface area contributed by atoms with E-state index in [-0.39, 0.29) is 12.5 Å². The zero-order valence-electron chi connectivity index (χ0n) is 14.7. The molecule has 25 heavy (non-hydrogen) atoms. The molecular formula is C18H24ClNO5. The van der Waals surface area contributed by atoms with Crippen molar-refractivity contribution in [2.24, 2.45) is 0 Å². The van der Waals surface area contributed by atoms with E-state index in [4.69, 9.17) is 21.1 Å². The number of rotatable bonds is 6. The fourth-order valence-electron chi connectivity index (χ4n) is 3.15. The summed E-state index contributed by atoms with van der Waals surface area (Å²) in [6, 6.07) is 7.05.